The summed E-state index contributed by atoms with van der Waals surface area (Å²) in [6, 6.07) is 75.9. The third-order valence-corrected chi connectivity index (χ3v) is 16.8. The Kier molecular flexibility index (Phi) is 8.87. The Morgan fingerprint density at radius 3 is 1.16 bits per heavy atom. The van der Waals surface area contributed by atoms with Crippen LogP contribution in [-0.4, -0.2) is 0 Å². The van der Waals surface area contributed by atoms with Crippen LogP contribution in [0.15, 0.2) is 215 Å². The van der Waals surface area contributed by atoms with E-state index in [1.165, 1.54) is 67.0 Å². The van der Waals surface area contributed by atoms with Crippen molar-refractivity contribution in [2.75, 3.05) is 9.80 Å². The summed E-state index contributed by atoms with van der Waals surface area (Å²) >= 11 is 0. The van der Waals surface area contributed by atoms with E-state index in [1.54, 1.807) is 0 Å². The molecule has 354 valence electrons. The lowest BCUT2D eigenvalue weighted by atomic mass is 9.82. The zero-order valence-corrected chi connectivity index (χ0v) is 42.3. The van der Waals surface area contributed by atoms with Crippen LogP contribution < -0.4 is 9.80 Å². The molecule has 0 radical (unpaired) electrons. The molecule has 2 aliphatic carbocycles. The van der Waals surface area contributed by atoms with Gasteiger partial charge in [0, 0.05) is 66.3 Å². The maximum absolute atomic E-state index is 6.83. The molecular weight excluding hydrogens is 901 g/mol. The number of anilines is 6. The summed E-state index contributed by atoms with van der Waals surface area (Å²) in [5.74, 6) is 0. The summed E-state index contributed by atoms with van der Waals surface area (Å²) in [6.07, 6.45) is 0. The van der Waals surface area contributed by atoms with Crippen molar-refractivity contribution in [3.63, 3.8) is 0 Å². The fourth-order valence-corrected chi connectivity index (χ4v) is 13.2. The fraction of sp³-hybridized carbons (Fsp3) is 0.114. The van der Waals surface area contributed by atoms with Gasteiger partial charge < -0.3 is 18.6 Å². The first-order valence-electron chi connectivity index (χ1n) is 25.9. The van der Waals surface area contributed by atoms with Crippen molar-refractivity contribution in [1.82, 2.24) is 0 Å². The highest BCUT2D eigenvalue weighted by atomic mass is 16.3. The molecule has 0 amide bonds. The topological polar surface area (TPSA) is 32.8 Å². The molecule has 0 aliphatic heterocycles. The molecule has 15 rings (SSSR count). The minimum absolute atomic E-state index is 0.114. The Morgan fingerprint density at radius 1 is 0.324 bits per heavy atom. The van der Waals surface area contributed by atoms with Crippen molar-refractivity contribution in [2.24, 2.45) is 0 Å². The van der Waals surface area contributed by atoms with Gasteiger partial charge in [-0.05, 0) is 165 Å². The molecule has 0 spiro atoms. The molecule has 4 heteroatoms. The van der Waals surface area contributed by atoms with E-state index < -0.39 is 0 Å². The average Bonchev–Trinajstić information content (AvgIpc) is 4.11. The number of rotatable bonds is 6. The van der Waals surface area contributed by atoms with E-state index in [2.05, 4.69) is 258 Å². The zero-order valence-electron chi connectivity index (χ0n) is 42.3. The first kappa shape index (κ1) is 42.8. The summed E-state index contributed by atoms with van der Waals surface area (Å²) in [6.45, 7) is 13.8. The van der Waals surface area contributed by atoms with Gasteiger partial charge in [0.05, 0.1) is 11.4 Å². The number of furan rings is 2. The molecule has 0 fully saturated rings. The molecular formula is C70H52N2O2. The molecule has 4 nitrogen and oxygen atoms in total. The van der Waals surface area contributed by atoms with Crippen molar-refractivity contribution < 1.29 is 8.83 Å². The van der Waals surface area contributed by atoms with Crippen LogP contribution in [0.2, 0.25) is 0 Å². The van der Waals surface area contributed by atoms with Crippen LogP contribution in [0.4, 0.5) is 34.1 Å². The van der Waals surface area contributed by atoms with E-state index in [0.29, 0.717) is 0 Å². The van der Waals surface area contributed by atoms with Crippen molar-refractivity contribution in [2.45, 2.75) is 52.4 Å². The van der Waals surface area contributed by atoms with Gasteiger partial charge in [0.2, 0.25) is 0 Å². The molecule has 74 heavy (non-hydrogen) atoms. The quantitative estimate of drug-likeness (QED) is 0.166. The average molecular weight is 953 g/mol. The normalized spacial score (nSPS) is 14.0. The first-order chi connectivity index (χ1) is 36.0. The maximum Gasteiger partial charge on any atom is 0.136 e. The highest BCUT2D eigenvalue weighted by Gasteiger charge is 2.39. The number of fused-ring (bicyclic) bond motifs is 15. The molecule has 0 saturated heterocycles. The van der Waals surface area contributed by atoms with Crippen LogP contribution in [0.5, 0.6) is 0 Å². The van der Waals surface area contributed by atoms with E-state index >= 15 is 0 Å². The van der Waals surface area contributed by atoms with Gasteiger partial charge in [0.1, 0.15) is 22.3 Å². The van der Waals surface area contributed by atoms with Gasteiger partial charge >= 0.3 is 0 Å². The van der Waals surface area contributed by atoms with E-state index in [-0.39, 0.29) is 10.8 Å². The lowest BCUT2D eigenvalue weighted by molar-refractivity contribution is 0.660. The molecule has 13 aromatic rings. The number of nitrogens with zero attached hydrogens (tertiary/aromatic N) is 2. The molecule has 2 aliphatic rings. The Bertz CT molecular complexity index is 4260. The second kappa shape index (κ2) is 15.3. The zero-order chi connectivity index (χ0) is 49.8. The summed E-state index contributed by atoms with van der Waals surface area (Å²) in [5.41, 5.74) is 23.1. The van der Waals surface area contributed by atoms with E-state index in [0.717, 1.165) is 88.2 Å². The smallest absolute Gasteiger partial charge is 0.136 e. The van der Waals surface area contributed by atoms with Gasteiger partial charge in [0.25, 0.3) is 0 Å². The number of benzene rings is 11. The molecule has 2 aromatic heterocycles. The monoisotopic (exact) mass is 952 g/mol. The third-order valence-electron chi connectivity index (χ3n) is 16.8. The molecule has 2 heterocycles. The predicted molar refractivity (Wildman–Crippen MR) is 310 cm³/mol. The number of hydrogen-bond acceptors (Lipinski definition) is 4. The number of hydrogen-bond donors (Lipinski definition) is 0. The van der Waals surface area contributed by atoms with Gasteiger partial charge in [-0.15, -0.1) is 0 Å². The van der Waals surface area contributed by atoms with Crippen molar-refractivity contribution in [3.05, 3.63) is 240 Å². The SMILES string of the molecule is Cc1ccccc1N(c1ccc2cc3c(cc2c1)oc1ccc2oc4cc5cc(N(c6ccccc6C)c6cccc7c6-c6ccccc6C7(C)C)ccc5cc4c2c13)c1cccc2c1-c1ccccc1C2(C)C. The fourth-order valence-electron chi connectivity index (χ4n) is 13.2. The molecule has 0 atom stereocenters. The summed E-state index contributed by atoms with van der Waals surface area (Å²) in [7, 11) is 0. The van der Waals surface area contributed by atoms with Gasteiger partial charge in [-0.3, -0.25) is 0 Å². The Labute approximate surface area is 430 Å². The molecule has 0 bridgehead atoms. The van der Waals surface area contributed by atoms with Crippen molar-refractivity contribution in [3.8, 4) is 22.3 Å². The molecule has 0 unspecified atom stereocenters. The number of para-hydroxylation sites is 2. The molecule has 0 saturated carbocycles. The molecule has 0 N–H and O–H groups in total. The summed E-state index contributed by atoms with van der Waals surface area (Å²) in [5, 5.41) is 8.84. The van der Waals surface area contributed by atoms with Crippen molar-refractivity contribution in [1.29, 1.82) is 0 Å². The third kappa shape index (κ3) is 5.97. The van der Waals surface area contributed by atoms with Crippen LogP contribution in [0.25, 0.3) is 87.7 Å². The standard InChI is InChI=1S/C70H52N2O2/c1-41-17-7-13-25-57(41)71(59-27-15-23-55-65(59)49-19-9-11-21-53(49)69(55,3)4)47-31-29-43-37-51-63(39-45(43)35-47)73-61-33-34-62-68(67(51)61)52-38-44-30-32-48(36-46(44)40-64(52)74-62)72(58-26-14-8-18-42(58)2)60-28-16-24-56-66(60)50-20-10-12-22-54(50)70(56,5)6/h7-40H,1-6H3. The van der Waals surface area contributed by atoms with Crippen molar-refractivity contribution >= 4 is 99.5 Å². The van der Waals surface area contributed by atoms with E-state index in [4.69, 9.17) is 8.83 Å². The first-order valence-corrected chi connectivity index (χ1v) is 25.9. The second-order valence-corrected chi connectivity index (χ2v) is 21.8. The maximum atomic E-state index is 6.83. The van der Waals surface area contributed by atoms with Crippen LogP contribution in [0.3, 0.4) is 0 Å². The van der Waals surface area contributed by atoms with Gasteiger partial charge in [0.15, 0.2) is 0 Å². The van der Waals surface area contributed by atoms with Crippen LogP contribution in [0.1, 0.15) is 61.1 Å². The van der Waals surface area contributed by atoms with Crippen LogP contribution in [0, 0.1) is 13.8 Å². The highest BCUT2D eigenvalue weighted by molar-refractivity contribution is 6.28. The van der Waals surface area contributed by atoms with E-state index in [9.17, 15) is 0 Å². The van der Waals surface area contributed by atoms with Gasteiger partial charge in [-0.25, -0.2) is 0 Å². The number of aryl methyl sites for hydroxylation is 2. The second-order valence-electron chi connectivity index (χ2n) is 21.8. The minimum atomic E-state index is -0.114. The Hall–Kier alpha value is -8.86. The van der Waals surface area contributed by atoms with Gasteiger partial charge in [-0.2, -0.15) is 0 Å². The summed E-state index contributed by atoms with van der Waals surface area (Å²) < 4.78 is 13.7. The van der Waals surface area contributed by atoms with E-state index in [1.807, 2.05) is 0 Å². The Morgan fingerprint density at radius 2 is 0.716 bits per heavy atom. The van der Waals surface area contributed by atoms with Gasteiger partial charge in [-0.1, -0.05) is 149 Å². The lowest BCUT2D eigenvalue weighted by Gasteiger charge is -2.30. The van der Waals surface area contributed by atoms with Crippen LogP contribution in [-0.2, 0) is 10.8 Å². The lowest BCUT2D eigenvalue weighted by Crippen LogP contribution is -2.16. The largest absolute Gasteiger partial charge is 0.456 e. The molecule has 11 aromatic carbocycles. The van der Waals surface area contributed by atoms with Crippen LogP contribution >= 0.6 is 0 Å². The predicted octanol–water partition coefficient (Wildman–Crippen LogP) is 20.0. The highest BCUT2D eigenvalue weighted by Crippen LogP contribution is 2.56. The summed E-state index contributed by atoms with van der Waals surface area (Å²) in [4.78, 5) is 4.91. The Balaban J connectivity index is 0.870. The minimum Gasteiger partial charge on any atom is -0.456 e.